The molecule has 2 aliphatic rings. The number of carbonyl (C=O) groups is 1. The molecule has 0 aliphatic carbocycles. The minimum absolute atomic E-state index is 0.253. The number of rotatable bonds is 6. The molecule has 5 heteroatoms. The standard InChI is InChI=1S/C28H29ClN2O2/c29-26-13-11-24(12-14-26)27-20-31(28(32)33-27)19-21-7-9-23(10-8-21)25-6-4-5-22(17-25)18-30-15-2-1-3-16-30/h4-14,17,27H,1-3,15-16,18-20H2. The fraction of sp³-hybridized carbons (Fsp3) is 0.321. The van der Waals surface area contributed by atoms with Gasteiger partial charge in [0, 0.05) is 18.1 Å². The van der Waals surface area contributed by atoms with Gasteiger partial charge in [-0.05, 0) is 71.9 Å². The summed E-state index contributed by atoms with van der Waals surface area (Å²) >= 11 is 5.97. The lowest BCUT2D eigenvalue weighted by Crippen LogP contribution is -2.29. The molecule has 2 saturated heterocycles. The average Bonchev–Trinajstić information content (AvgIpc) is 3.21. The van der Waals surface area contributed by atoms with E-state index in [9.17, 15) is 4.79 Å². The Morgan fingerprint density at radius 2 is 1.58 bits per heavy atom. The second-order valence-corrected chi connectivity index (χ2v) is 9.48. The second kappa shape index (κ2) is 9.98. The van der Waals surface area contributed by atoms with E-state index in [2.05, 4.69) is 53.4 Å². The van der Waals surface area contributed by atoms with Gasteiger partial charge < -0.3 is 4.74 Å². The molecule has 1 unspecified atom stereocenters. The number of cyclic esters (lactones) is 1. The van der Waals surface area contributed by atoms with E-state index in [-0.39, 0.29) is 12.2 Å². The molecule has 2 fully saturated rings. The molecule has 0 saturated carbocycles. The van der Waals surface area contributed by atoms with Gasteiger partial charge in [0.05, 0.1) is 6.54 Å². The number of ether oxygens (including phenoxy) is 1. The highest BCUT2D eigenvalue weighted by Crippen LogP contribution is 2.29. The van der Waals surface area contributed by atoms with Crippen LogP contribution in [-0.4, -0.2) is 35.5 Å². The molecular weight excluding hydrogens is 432 g/mol. The predicted octanol–water partition coefficient (Wildman–Crippen LogP) is 6.69. The molecule has 2 aliphatic heterocycles. The van der Waals surface area contributed by atoms with E-state index in [1.165, 1.54) is 49.0 Å². The zero-order valence-electron chi connectivity index (χ0n) is 18.8. The Kier molecular flexibility index (Phi) is 6.65. The van der Waals surface area contributed by atoms with Crippen molar-refractivity contribution in [1.29, 1.82) is 0 Å². The number of hydrogen-bond acceptors (Lipinski definition) is 3. The number of piperidine rings is 1. The Morgan fingerprint density at radius 1 is 0.818 bits per heavy atom. The van der Waals surface area contributed by atoms with Crippen LogP contribution < -0.4 is 0 Å². The first-order valence-corrected chi connectivity index (χ1v) is 12.1. The van der Waals surface area contributed by atoms with Crippen LogP contribution in [0.1, 0.15) is 42.1 Å². The summed E-state index contributed by atoms with van der Waals surface area (Å²) in [5.41, 5.74) is 5.86. The van der Waals surface area contributed by atoms with Gasteiger partial charge in [0.2, 0.25) is 0 Å². The monoisotopic (exact) mass is 460 g/mol. The number of hydrogen-bond donors (Lipinski definition) is 0. The number of halogens is 1. The molecule has 1 atom stereocenters. The number of amides is 1. The molecule has 4 nitrogen and oxygen atoms in total. The third kappa shape index (κ3) is 5.40. The van der Waals surface area contributed by atoms with Crippen LogP contribution in [-0.2, 0) is 17.8 Å². The molecule has 5 rings (SSSR count). The number of likely N-dealkylation sites (tertiary alicyclic amines) is 1. The summed E-state index contributed by atoms with van der Waals surface area (Å²) in [4.78, 5) is 16.7. The Bertz CT molecular complexity index is 1090. The number of nitrogens with zero attached hydrogens (tertiary/aromatic N) is 2. The summed E-state index contributed by atoms with van der Waals surface area (Å²) in [6.07, 6.45) is 3.46. The van der Waals surface area contributed by atoms with Gasteiger partial charge in [-0.25, -0.2) is 4.79 Å². The van der Waals surface area contributed by atoms with E-state index >= 15 is 0 Å². The van der Waals surface area contributed by atoms with Crippen molar-refractivity contribution >= 4 is 17.7 Å². The molecule has 0 N–H and O–H groups in total. The summed E-state index contributed by atoms with van der Waals surface area (Å²) in [6, 6.07) is 24.8. The quantitative estimate of drug-likeness (QED) is 0.411. The van der Waals surface area contributed by atoms with Crippen molar-refractivity contribution in [1.82, 2.24) is 9.80 Å². The molecule has 1 amide bonds. The lowest BCUT2D eigenvalue weighted by molar-refractivity contribution is 0.132. The summed E-state index contributed by atoms with van der Waals surface area (Å²) in [7, 11) is 0. The highest BCUT2D eigenvalue weighted by molar-refractivity contribution is 6.30. The smallest absolute Gasteiger partial charge is 0.410 e. The van der Waals surface area contributed by atoms with Gasteiger partial charge in [0.15, 0.2) is 0 Å². The maximum atomic E-state index is 12.4. The third-order valence-corrected chi connectivity index (χ3v) is 6.82. The predicted molar refractivity (Wildman–Crippen MR) is 132 cm³/mol. The Hall–Kier alpha value is -2.82. The van der Waals surface area contributed by atoms with E-state index in [0.29, 0.717) is 18.1 Å². The van der Waals surface area contributed by atoms with Crippen LogP contribution in [0.2, 0.25) is 5.02 Å². The molecule has 170 valence electrons. The van der Waals surface area contributed by atoms with Gasteiger partial charge in [-0.2, -0.15) is 0 Å². The average molecular weight is 461 g/mol. The SMILES string of the molecule is O=C1OC(c2ccc(Cl)cc2)CN1Cc1ccc(-c2cccc(CN3CCCCC3)c2)cc1. The van der Waals surface area contributed by atoms with Crippen molar-refractivity contribution < 1.29 is 9.53 Å². The first-order chi connectivity index (χ1) is 16.1. The van der Waals surface area contributed by atoms with Gasteiger partial charge in [0.1, 0.15) is 6.10 Å². The molecule has 2 heterocycles. The molecular formula is C28H29ClN2O2. The Labute approximate surface area is 200 Å². The largest absolute Gasteiger partial charge is 0.439 e. The van der Waals surface area contributed by atoms with Crippen LogP contribution in [0.15, 0.2) is 72.8 Å². The number of carbonyl (C=O) groups excluding carboxylic acids is 1. The van der Waals surface area contributed by atoms with Crippen molar-refractivity contribution in [3.05, 3.63) is 94.5 Å². The van der Waals surface area contributed by atoms with Gasteiger partial charge >= 0.3 is 6.09 Å². The summed E-state index contributed by atoms with van der Waals surface area (Å²) in [6.45, 7) is 4.52. The van der Waals surface area contributed by atoms with Gasteiger partial charge in [0.25, 0.3) is 0 Å². The van der Waals surface area contributed by atoms with Crippen molar-refractivity contribution in [3.8, 4) is 11.1 Å². The van der Waals surface area contributed by atoms with Crippen LogP contribution in [0.25, 0.3) is 11.1 Å². The van der Waals surface area contributed by atoms with Crippen molar-refractivity contribution in [2.24, 2.45) is 0 Å². The van der Waals surface area contributed by atoms with E-state index in [1.807, 2.05) is 24.3 Å². The first-order valence-electron chi connectivity index (χ1n) is 11.8. The van der Waals surface area contributed by atoms with Crippen LogP contribution in [0.4, 0.5) is 4.79 Å². The maximum absolute atomic E-state index is 12.4. The molecule has 0 spiro atoms. The zero-order chi connectivity index (χ0) is 22.6. The van der Waals surface area contributed by atoms with E-state index < -0.39 is 0 Å². The molecule has 0 aromatic heterocycles. The second-order valence-electron chi connectivity index (χ2n) is 9.04. The topological polar surface area (TPSA) is 32.8 Å². The third-order valence-electron chi connectivity index (χ3n) is 6.57. The lowest BCUT2D eigenvalue weighted by atomic mass is 10.0. The van der Waals surface area contributed by atoms with E-state index in [4.69, 9.17) is 16.3 Å². The zero-order valence-corrected chi connectivity index (χ0v) is 19.5. The molecule has 0 radical (unpaired) electrons. The van der Waals surface area contributed by atoms with Crippen LogP contribution in [0.3, 0.4) is 0 Å². The molecule has 3 aromatic rings. The highest BCUT2D eigenvalue weighted by atomic mass is 35.5. The van der Waals surface area contributed by atoms with Crippen LogP contribution in [0, 0.1) is 0 Å². The summed E-state index contributed by atoms with van der Waals surface area (Å²) in [5.74, 6) is 0. The fourth-order valence-electron chi connectivity index (χ4n) is 4.74. The van der Waals surface area contributed by atoms with Gasteiger partial charge in [-0.1, -0.05) is 72.6 Å². The van der Waals surface area contributed by atoms with Crippen LogP contribution in [0.5, 0.6) is 0 Å². The van der Waals surface area contributed by atoms with Gasteiger partial charge in [-0.15, -0.1) is 0 Å². The van der Waals surface area contributed by atoms with E-state index in [0.717, 1.165) is 17.7 Å². The van der Waals surface area contributed by atoms with Crippen molar-refractivity contribution in [2.45, 2.75) is 38.5 Å². The summed E-state index contributed by atoms with van der Waals surface area (Å²) < 4.78 is 5.58. The Morgan fingerprint density at radius 3 is 2.33 bits per heavy atom. The van der Waals surface area contributed by atoms with E-state index in [1.54, 1.807) is 4.90 Å². The van der Waals surface area contributed by atoms with Crippen LogP contribution >= 0.6 is 11.6 Å². The van der Waals surface area contributed by atoms with Crippen molar-refractivity contribution in [2.75, 3.05) is 19.6 Å². The minimum atomic E-state index is -0.274. The normalized spacial score (nSPS) is 19.0. The highest BCUT2D eigenvalue weighted by Gasteiger charge is 2.32. The number of benzene rings is 3. The molecule has 3 aromatic carbocycles. The fourth-order valence-corrected chi connectivity index (χ4v) is 4.86. The summed E-state index contributed by atoms with van der Waals surface area (Å²) in [5, 5.41) is 0.678. The van der Waals surface area contributed by atoms with Gasteiger partial charge in [-0.3, -0.25) is 9.80 Å². The minimum Gasteiger partial charge on any atom is -0.439 e. The maximum Gasteiger partial charge on any atom is 0.410 e. The first kappa shape index (κ1) is 22.0. The molecule has 33 heavy (non-hydrogen) atoms. The Balaban J connectivity index is 1.22. The molecule has 0 bridgehead atoms. The van der Waals surface area contributed by atoms with Crippen molar-refractivity contribution in [3.63, 3.8) is 0 Å². The lowest BCUT2D eigenvalue weighted by Gasteiger charge is -2.26.